The van der Waals surface area contributed by atoms with Crippen LogP contribution in [0.4, 0.5) is 5.69 Å². The van der Waals surface area contributed by atoms with E-state index in [-0.39, 0.29) is 12.5 Å². The number of ether oxygens (including phenoxy) is 2. The van der Waals surface area contributed by atoms with Gasteiger partial charge in [-0.15, -0.1) is 0 Å². The molecule has 1 fully saturated rings. The molecule has 2 aliphatic heterocycles. The lowest BCUT2D eigenvalue weighted by Crippen LogP contribution is -2.52. The molecule has 2 heterocycles. The van der Waals surface area contributed by atoms with E-state index in [4.69, 9.17) is 9.47 Å². The summed E-state index contributed by atoms with van der Waals surface area (Å²) in [6, 6.07) is 7.33. The van der Waals surface area contributed by atoms with Crippen molar-refractivity contribution in [2.24, 2.45) is 0 Å². The summed E-state index contributed by atoms with van der Waals surface area (Å²) in [4.78, 5) is 28.9. The van der Waals surface area contributed by atoms with Gasteiger partial charge in [0.15, 0.2) is 0 Å². The van der Waals surface area contributed by atoms with Crippen LogP contribution < -0.4 is 9.64 Å². The summed E-state index contributed by atoms with van der Waals surface area (Å²) in [6.45, 7) is 5.43. The fourth-order valence-corrected chi connectivity index (χ4v) is 3.24. The number of anilines is 1. The number of hydrogen-bond donors (Lipinski definition) is 0. The summed E-state index contributed by atoms with van der Waals surface area (Å²) in [7, 11) is 0. The highest BCUT2D eigenvalue weighted by atomic mass is 16.6. The first-order valence-corrected chi connectivity index (χ1v) is 8.66. The Labute approximate surface area is 142 Å². The maximum absolute atomic E-state index is 12.8. The first-order chi connectivity index (χ1) is 11.7. The minimum Gasteiger partial charge on any atom is -0.466 e. The molecular weight excluding hydrogens is 308 g/mol. The summed E-state index contributed by atoms with van der Waals surface area (Å²) in [5.74, 6) is -0.419. The van der Waals surface area contributed by atoms with E-state index < -0.39 is 12.1 Å². The fraction of sp³-hybridized carbons (Fsp3) is 0.556. The third kappa shape index (κ3) is 3.53. The average molecular weight is 332 g/mol. The van der Waals surface area contributed by atoms with Gasteiger partial charge in [0.2, 0.25) is 0 Å². The number of carbonyl (C=O) groups is 2. The normalized spacial score (nSPS) is 21.1. The molecule has 1 unspecified atom stereocenters. The van der Waals surface area contributed by atoms with E-state index in [2.05, 4.69) is 4.90 Å². The van der Waals surface area contributed by atoms with Crippen LogP contribution >= 0.6 is 0 Å². The third-order valence-corrected chi connectivity index (χ3v) is 4.48. The van der Waals surface area contributed by atoms with Gasteiger partial charge >= 0.3 is 5.97 Å². The summed E-state index contributed by atoms with van der Waals surface area (Å²) in [5.41, 5.74) is 0.722. The second-order valence-corrected chi connectivity index (χ2v) is 6.11. The van der Waals surface area contributed by atoms with Crippen molar-refractivity contribution >= 4 is 17.6 Å². The highest BCUT2D eigenvalue weighted by Crippen LogP contribution is 2.33. The van der Waals surface area contributed by atoms with Crippen molar-refractivity contribution in [3.63, 3.8) is 0 Å². The Morgan fingerprint density at radius 2 is 1.96 bits per heavy atom. The number of piperidine rings is 1. The highest BCUT2D eigenvalue weighted by molar-refractivity contribution is 6.11. The standard InChI is InChI=1S/C18H24N2O4/c1-2-23-18(22)16-17(21)20(13-12-19-10-6-3-7-11-19)14-8-4-5-9-15(14)24-16/h4-5,8-9,16H,2-3,6-7,10-13H2,1H3. The summed E-state index contributed by atoms with van der Waals surface area (Å²) in [5, 5.41) is 0. The van der Waals surface area contributed by atoms with Gasteiger partial charge in [0.25, 0.3) is 12.0 Å². The minimum absolute atomic E-state index is 0.224. The molecule has 0 radical (unpaired) electrons. The van der Waals surface area contributed by atoms with E-state index in [0.29, 0.717) is 12.3 Å². The second kappa shape index (κ2) is 7.66. The van der Waals surface area contributed by atoms with Gasteiger partial charge in [0.05, 0.1) is 12.3 Å². The maximum atomic E-state index is 12.8. The molecule has 24 heavy (non-hydrogen) atoms. The van der Waals surface area contributed by atoms with Gasteiger partial charge in [-0.25, -0.2) is 4.79 Å². The number of carbonyl (C=O) groups excluding carboxylic acids is 2. The summed E-state index contributed by atoms with van der Waals surface area (Å²) >= 11 is 0. The molecule has 6 heteroatoms. The van der Waals surface area contributed by atoms with E-state index in [1.165, 1.54) is 19.3 Å². The molecule has 1 aromatic rings. The zero-order valence-electron chi connectivity index (χ0n) is 14.1. The van der Waals surface area contributed by atoms with Crippen molar-refractivity contribution in [2.45, 2.75) is 32.3 Å². The van der Waals surface area contributed by atoms with Crippen molar-refractivity contribution in [3.8, 4) is 5.75 Å². The van der Waals surface area contributed by atoms with Crippen LogP contribution in [0, 0.1) is 0 Å². The third-order valence-electron chi connectivity index (χ3n) is 4.48. The molecule has 0 aliphatic carbocycles. The number of fused-ring (bicyclic) bond motifs is 1. The van der Waals surface area contributed by atoms with Crippen LogP contribution in [0.5, 0.6) is 5.75 Å². The summed E-state index contributed by atoms with van der Waals surface area (Å²) < 4.78 is 10.6. The lowest BCUT2D eigenvalue weighted by Gasteiger charge is -2.35. The quantitative estimate of drug-likeness (QED) is 0.608. The smallest absolute Gasteiger partial charge is 0.357 e. The number of hydrogen-bond acceptors (Lipinski definition) is 5. The Bertz CT molecular complexity index is 598. The van der Waals surface area contributed by atoms with Gasteiger partial charge in [-0.2, -0.15) is 0 Å². The number of likely N-dealkylation sites (tertiary alicyclic amines) is 1. The van der Waals surface area contributed by atoms with E-state index in [1.54, 1.807) is 17.9 Å². The van der Waals surface area contributed by atoms with Gasteiger partial charge in [-0.05, 0) is 45.0 Å². The zero-order valence-corrected chi connectivity index (χ0v) is 14.1. The lowest BCUT2D eigenvalue weighted by molar-refractivity contribution is -0.156. The second-order valence-electron chi connectivity index (χ2n) is 6.11. The van der Waals surface area contributed by atoms with Crippen molar-refractivity contribution < 1.29 is 19.1 Å². The SMILES string of the molecule is CCOC(=O)C1Oc2ccccc2N(CCN2CCCCC2)C1=O. The van der Waals surface area contributed by atoms with Crippen molar-refractivity contribution in [1.82, 2.24) is 4.90 Å². The number of benzene rings is 1. The first kappa shape index (κ1) is 16.8. The molecule has 1 amide bonds. The van der Waals surface area contributed by atoms with Crippen LogP contribution in [0.3, 0.4) is 0 Å². The molecule has 0 saturated carbocycles. The van der Waals surface area contributed by atoms with Gasteiger partial charge < -0.3 is 19.3 Å². The monoisotopic (exact) mass is 332 g/mol. The van der Waals surface area contributed by atoms with Gasteiger partial charge in [-0.1, -0.05) is 18.6 Å². The Morgan fingerprint density at radius 3 is 2.71 bits per heavy atom. The predicted molar refractivity (Wildman–Crippen MR) is 90.1 cm³/mol. The zero-order chi connectivity index (χ0) is 16.9. The van der Waals surface area contributed by atoms with Gasteiger partial charge in [0.1, 0.15) is 5.75 Å². The van der Waals surface area contributed by atoms with Gasteiger partial charge in [0, 0.05) is 13.1 Å². The molecule has 1 atom stereocenters. The number of para-hydroxylation sites is 2. The van der Waals surface area contributed by atoms with Crippen LogP contribution in [0.25, 0.3) is 0 Å². The van der Waals surface area contributed by atoms with E-state index in [0.717, 1.165) is 25.3 Å². The fourth-order valence-electron chi connectivity index (χ4n) is 3.24. The van der Waals surface area contributed by atoms with Crippen molar-refractivity contribution in [1.29, 1.82) is 0 Å². The Morgan fingerprint density at radius 1 is 1.21 bits per heavy atom. The molecule has 1 saturated heterocycles. The first-order valence-electron chi connectivity index (χ1n) is 8.66. The number of nitrogens with zero attached hydrogens (tertiary/aromatic N) is 2. The minimum atomic E-state index is -1.21. The molecule has 130 valence electrons. The predicted octanol–water partition coefficient (Wildman–Crippen LogP) is 1.83. The van der Waals surface area contributed by atoms with Crippen LogP contribution in [-0.4, -0.2) is 55.7 Å². The maximum Gasteiger partial charge on any atom is 0.357 e. The van der Waals surface area contributed by atoms with E-state index >= 15 is 0 Å². The number of rotatable bonds is 5. The molecule has 0 bridgehead atoms. The van der Waals surface area contributed by atoms with Crippen LogP contribution in [0.15, 0.2) is 24.3 Å². The summed E-state index contributed by atoms with van der Waals surface area (Å²) in [6.07, 6.45) is 2.49. The Balaban J connectivity index is 1.76. The largest absolute Gasteiger partial charge is 0.466 e. The van der Waals surface area contributed by atoms with Crippen LogP contribution in [0.2, 0.25) is 0 Å². The molecule has 6 nitrogen and oxygen atoms in total. The molecule has 1 aromatic carbocycles. The molecule has 2 aliphatic rings. The molecule has 0 aromatic heterocycles. The van der Waals surface area contributed by atoms with Crippen LogP contribution in [-0.2, 0) is 14.3 Å². The number of amides is 1. The average Bonchev–Trinajstić information content (AvgIpc) is 2.61. The molecule has 0 spiro atoms. The van der Waals surface area contributed by atoms with Crippen molar-refractivity contribution in [2.75, 3.05) is 37.7 Å². The van der Waals surface area contributed by atoms with Crippen molar-refractivity contribution in [3.05, 3.63) is 24.3 Å². The molecular formula is C18H24N2O4. The Hall–Kier alpha value is -2.08. The topological polar surface area (TPSA) is 59.1 Å². The highest BCUT2D eigenvalue weighted by Gasteiger charge is 2.40. The van der Waals surface area contributed by atoms with E-state index in [9.17, 15) is 9.59 Å². The Kier molecular flexibility index (Phi) is 5.35. The molecule has 0 N–H and O–H groups in total. The number of esters is 1. The lowest BCUT2D eigenvalue weighted by atomic mass is 10.1. The van der Waals surface area contributed by atoms with Gasteiger partial charge in [-0.3, -0.25) is 4.79 Å². The van der Waals surface area contributed by atoms with Crippen LogP contribution in [0.1, 0.15) is 26.2 Å². The molecule has 3 rings (SSSR count). The van der Waals surface area contributed by atoms with E-state index in [1.807, 2.05) is 18.2 Å².